The number of alkyl carbamates (subject to hydrolysis) is 1. The first-order chi connectivity index (χ1) is 18.5. The van der Waals surface area contributed by atoms with Crippen molar-refractivity contribution in [2.75, 3.05) is 18.9 Å². The van der Waals surface area contributed by atoms with E-state index in [0.29, 0.717) is 5.69 Å². The van der Waals surface area contributed by atoms with Crippen molar-refractivity contribution in [1.29, 1.82) is 0 Å². The van der Waals surface area contributed by atoms with Crippen LogP contribution in [-0.4, -0.2) is 37.6 Å². The number of aryl methyl sites for hydroxylation is 2. The van der Waals surface area contributed by atoms with Crippen LogP contribution in [0.2, 0.25) is 0 Å². The quantitative estimate of drug-likeness (QED) is 0.287. The molecular formula is C32H37BN2O4. The topological polar surface area (TPSA) is 82.8 Å². The molecule has 3 N–H and O–H groups in total. The molecule has 0 radical (unpaired) electrons. The summed E-state index contributed by atoms with van der Waals surface area (Å²) in [6, 6.07) is 20.7. The molecule has 39 heavy (non-hydrogen) atoms. The number of fused-ring (bicyclic) bond motifs is 3. The standard InChI is InChI=1S/C32H37BN2O4/c1-20-15-21(2)29(34)22(16-20)17-23(33-38-31(3,4)32(5,6)39-33)18-35-30(36)37-19-28-26-13-9-7-11-24(26)25-12-8-10-14-27(25)28/h7-17,28H,18-19,34H2,1-6H3,(H,35,36). The second kappa shape index (κ2) is 10.2. The number of carbonyl (C=O) groups excluding carboxylic acids is 1. The highest BCUT2D eigenvalue weighted by atomic mass is 16.7. The predicted molar refractivity (Wildman–Crippen MR) is 157 cm³/mol. The molecule has 202 valence electrons. The van der Waals surface area contributed by atoms with E-state index in [-0.39, 0.29) is 19.1 Å². The van der Waals surface area contributed by atoms with Gasteiger partial charge >= 0.3 is 13.2 Å². The number of nitrogen functional groups attached to an aromatic ring is 1. The molecule has 0 aromatic heterocycles. The number of carbonyl (C=O) groups is 1. The lowest BCUT2D eigenvalue weighted by atomic mass is 9.76. The van der Waals surface area contributed by atoms with Crippen molar-refractivity contribution in [3.63, 3.8) is 0 Å². The zero-order chi connectivity index (χ0) is 27.9. The van der Waals surface area contributed by atoms with E-state index < -0.39 is 24.4 Å². The number of nitrogens with one attached hydrogen (secondary N) is 1. The van der Waals surface area contributed by atoms with Gasteiger partial charge in [-0.15, -0.1) is 0 Å². The third-order valence-electron chi connectivity index (χ3n) is 8.24. The lowest BCUT2D eigenvalue weighted by Gasteiger charge is -2.32. The summed E-state index contributed by atoms with van der Waals surface area (Å²) >= 11 is 0. The summed E-state index contributed by atoms with van der Waals surface area (Å²) in [7, 11) is -0.635. The smallest absolute Gasteiger partial charge is 0.449 e. The molecule has 1 saturated heterocycles. The average Bonchev–Trinajstić information content (AvgIpc) is 3.32. The fourth-order valence-electron chi connectivity index (χ4n) is 5.35. The van der Waals surface area contributed by atoms with Gasteiger partial charge in [0.25, 0.3) is 0 Å². The van der Waals surface area contributed by atoms with Crippen LogP contribution in [0, 0.1) is 13.8 Å². The van der Waals surface area contributed by atoms with Crippen molar-refractivity contribution < 1.29 is 18.8 Å². The Morgan fingerprint density at radius 2 is 1.54 bits per heavy atom. The molecule has 6 nitrogen and oxygen atoms in total. The molecule has 0 unspecified atom stereocenters. The molecule has 1 aliphatic heterocycles. The monoisotopic (exact) mass is 524 g/mol. The van der Waals surface area contributed by atoms with Crippen LogP contribution in [0.1, 0.15) is 61.4 Å². The van der Waals surface area contributed by atoms with Gasteiger partial charge < -0.3 is 25.1 Å². The number of benzene rings is 3. The highest BCUT2D eigenvalue weighted by Crippen LogP contribution is 2.44. The summed E-state index contributed by atoms with van der Waals surface area (Å²) < 4.78 is 18.4. The van der Waals surface area contributed by atoms with Gasteiger partial charge in [0.15, 0.2) is 0 Å². The maximum atomic E-state index is 13.0. The zero-order valence-corrected chi connectivity index (χ0v) is 23.6. The number of hydrogen-bond acceptors (Lipinski definition) is 5. The SMILES string of the molecule is Cc1cc(C)c(N)c(C=C(CNC(=O)OCC2c3ccccc3-c3ccccc32)B2OC(C)(C)C(C)(C)O2)c1. The van der Waals surface area contributed by atoms with Crippen LogP contribution in [0.3, 0.4) is 0 Å². The Labute approximate surface area is 231 Å². The van der Waals surface area contributed by atoms with E-state index in [1.807, 2.05) is 78.0 Å². The van der Waals surface area contributed by atoms with E-state index in [9.17, 15) is 4.79 Å². The molecule has 5 rings (SSSR count). The molecule has 3 aromatic rings. The van der Waals surface area contributed by atoms with Crippen molar-refractivity contribution in [3.8, 4) is 11.1 Å². The molecule has 1 amide bonds. The molecule has 2 aliphatic rings. The fraction of sp³-hybridized carbons (Fsp3) is 0.344. The van der Waals surface area contributed by atoms with Crippen molar-refractivity contribution in [2.24, 2.45) is 0 Å². The first-order valence-corrected chi connectivity index (χ1v) is 13.5. The van der Waals surface area contributed by atoms with E-state index >= 15 is 0 Å². The molecule has 1 aliphatic carbocycles. The van der Waals surface area contributed by atoms with Crippen LogP contribution in [-0.2, 0) is 14.0 Å². The first kappa shape index (κ1) is 27.0. The largest absolute Gasteiger partial charge is 0.492 e. The molecule has 1 fully saturated rings. The Bertz CT molecular complexity index is 1380. The highest BCUT2D eigenvalue weighted by Gasteiger charge is 2.52. The van der Waals surface area contributed by atoms with Gasteiger partial charge in [0.05, 0.1) is 11.2 Å². The minimum atomic E-state index is -0.635. The molecule has 0 atom stereocenters. The molecule has 3 aromatic carbocycles. The number of nitrogens with two attached hydrogens (primary N) is 1. The molecule has 7 heteroatoms. The van der Waals surface area contributed by atoms with Gasteiger partial charge in [-0.1, -0.05) is 66.2 Å². The van der Waals surface area contributed by atoms with E-state index in [1.165, 1.54) is 22.3 Å². The van der Waals surface area contributed by atoms with Crippen molar-refractivity contribution in [3.05, 3.63) is 94.0 Å². The van der Waals surface area contributed by atoms with Gasteiger partial charge in [-0.05, 0) is 86.5 Å². The lowest BCUT2D eigenvalue weighted by Crippen LogP contribution is -2.41. The Balaban J connectivity index is 1.33. The maximum Gasteiger partial charge on any atom is 0.492 e. The maximum absolute atomic E-state index is 13.0. The number of anilines is 1. The zero-order valence-electron chi connectivity index (χ0n) is 23.6. The number of ether oxygens (including phenoxy) is 1. The van der Waals surface area contributed by atoms with E-state index in [0.717, 1.165) is 22.2 Å². The van der Waals surface area contributed by atoms with Crippen molar-refractivity contribution in [1.82, 2.24) is 5.32 Å². The Morgan fingerprint density at radius 1 is 0.974 bits per heavy atom. The first-order valence-electron chi connectivity index (χ1n) is 13.5. The van der Waals surface area contributed by atoms with Crippen LogP contribution in [0.4, 0.5) is 10.5 Å². The average molecular weight is 524 g/mol. The van der Waals surface area contributed by atoms with Crippen LogP contribution in [0.15, 0.2) is 66.1 Å². The van der Waals surface area contributed by atoms with Gasteiger partial charge in [0.1, 0.15) is 6.61 Å². The molecule has 0 saturated carbocycles. The van der Waals surface area contributed by atoms with Gasteiger partial charge in [-0.3, -0.25) is 0 Å². The molecule has 1 heterocycles. The molecular weight excluding hydrogens is 487 g/mol. The van der Waals surface area contributed by atoms with Gasteiger partial charge in [-0.25, -0.2) is 4.79 Å². The summed E-state index contributed by atoms with van der Waals surface area (Å²) in [6.45, 7) is 12.5. The Morgan fingerprint density at radius 3 is 2.13 bits per heavy atom. The Hall–Kier alpha value is -3.55. The summed E-state index contributed by atoms with van der Waals surface area (Å²) in [5.74, 6) is -0.00340. The van der Waals surface area contributed by atoms with E-state index in [4.69, 9.17) is 19.8 Å². The third kappa shape index (κ3) is 5.21. The predicted octanol–water partition coefficient (Wildman–Crippen LogP) is 6.44. The third-order valence-corrected chi connectivity index (χ3v) is 8.24. The Kier molecular flexibility index (Phi) is 7.08. The van der Waals surface area contributed by atoms with Crippen LogP contribution >= 0.6 is 0 Å². The summed E-state index contributed by atoms with van der Waals surface area (Å²) in [6.07, 6.45) is 1.47. The van der Waals surface area contributed by atoms with Gasteiger partial charge in [0.2, 0.25) is 0 Å². The van der Waals surface area contributed by atoms with Gasteiger partial charge in [0, 0.05) is 18.2 Å². The minimum Gasteiger partial charge on any atom is -0.449 e. The number of hydrogen-bond donors (Lipinski definition) is 2. The summed E-state index contributed by atoms with van der Waals surface area (Å²) in [4.78, 5) is 13.0. The van der Waals surface area contributed by atoms with Crippen molar-refractivity contribution >= 4 is 25.0 Å². The van der Waals surface area contributed by atoms with Crippen LogP contribution in [0.25, 0.3) is 17.2 Å². The fourth-order valence-corrected chi connectivity index (χ4v) is 5.35. The van der Waals surface area contributed by atoms with E-state index in [2.05, 4.69) is 35.6 Å². The summed E-state index contributed by atoms with van der Waals surface area (Å²) in [5.41, 5.74) is 14.5. The number of rotatable bonds is 6. The van der Waals surface area contributed by atoms with Crippen molar-refractivity contribution in [2.45, 2.75) is 58.7 Å². The van der Waals surface area contributed by atoms with Crippen LogP contribution in [0.5, 0.6) is 0 Å². The second-order valence-corrected chi connectivity index (χ2v) is 11.6. The van der Waals surface area contributed by atoms with Gasteiger partial charge in [-0.2, -0.15) is 0 Å². The normalized spacial score (nSPS) is 17.6. The minimum absolute atomic E-state index is 0.00340. The number of amides is 1. The lowest BCUT2D eigenvalue weighted by molar-refractivity contribution is 0.00578. The van der Waals surface area contributed by atoms with E-state index in [1.54, 1.807) is 0 Å². The molecule has 0 spiro atoms. The van der Waals surface area contributed by atoms with Crippen LogP contribution < -0.4 is 11.1 Å². The summed E-state index contributed by atoms with van der Waals surface area (Å²) in [5, 5.41) is 2.92. The highest BCUT2D eigenvalue weighted by molar-refractivity contribution is 6.56. The molecule has 0 bridgehead atoms. The second-order valence-electron chi connectivity index (χ2n) is 11.6.